The molecule has 0 aliphatic carbocycles. The predicted molar refractivity (Wildman–Crippen MR) is 98.3 cm³/mol. The summed E-state index contributed by atoms with van der Waals surface area (Å²) in [5.41, 5.74) is 2.19. The lowest BCUT2D eigenvalue weighted by atomic mass is 9.96. The van der Waals surface area contributed by atoms with Crippen LogP contribution >= 0.6 is 11.6 Å². The number of rotatable bonds is 3. The number of hydrogen-bond donors (Lipinski definition) is 0. The highest BCUT2D eigenvalue weighted by Gasteiger charge is 2.34. The van der Waals surface area contributed by atoms with E-state index < -0.39 is 6.10 Å². The zero-order chi connectivity index (χ0) is 17.9. The number of halogens is 1. The molecule has 1 aromatic heterocycles. The Hall–Kier alpha value is -2.11. The molecule has 1 aromatic carbocycles. The second-order valence-corrected chi connectivity index (χ2v) is 7.08. The molecule has 0 saturated carbocycles. The Balaban J connectivity index is 1.46. The van der Waals surface area contributed by atoms with Gasteiger partial charge in [-0.25, -0.2) is 0 Å². The average molecular weight is 373 g/mol. The molecule has 1 fully saturated rings. The molecule has 5 nitrogen and oxygen atoms in total. The lowest BCUT2D eigenvalue weighted by Gasteiger charge is -2.36. The molecule has 2 aromatic rings. The van der Waals surface area contributed by atoms with Crippen LogP contribution < -0.4 is 4.74 Å². The molecule has 0 bridgehead atoms. The maximum absolute atomic E-state index is 13.1. The fourth-order valence-electron chi connectivity index (χ4n) is 3.64. The average Bonchev–Trinajstić information content (AvgIpc) is 2.69. The van der Waals surface area contributed by atoms with Crippen molar-refractivity contribution in [2.24, 2.45) is 0 Å². The molecule has 3 heterocycles. The van der Waals surface area contributed by atoms with Crippen LogP contribution in [0.15, 0.2) is 42.7 Å². The van der Waals surface area contributed by atoms with E-state index >= 15 is 0 Å². The van der Waals surface area contributed by atoms with Gasteiger partial charge >= 0.3 is 0 Å². The summed E-state index contributed by atoms with van der Waals surface area (Å²) in [6.45, 7) is 1.85. The molecule has 6 heteroatoms. The Morgan fingerprint density at radius 3 is 3.08 bits per heavy atom. The largest absolute Gasteiger partial charge is 0.487 e. The van der Waals surface area contributed by atoms with E-state index in [-0.39, 0.29) is 12.0 Å². The van der Waals surface area contributed by atoms with Crippen molar-refractivity contribution in [2.75, 3.05) is 19.7 Å². The van der Waals surface area contributed by atoms with E-state index in [9.17, 15) is 4.79 Å². The summed E-state index contributed by atoms with van der Waals surface area (Å²) in [7, 11) is 0. The first-order valence-corrected chi connectivity index (χ1v) is 9.34. The molecule has 4 rings (SSSR count). The maximum Gasteiger partial charge on any atom is 0.256 e. The van der Waals surface area contributed by atoms with Crippen LogP contribution in [-0.4, -0.2) is 41.6 Å². The molecule has 26 heavy (non-hydrogen) atoms. The third-order valence-corrected chi connectivity index (χ3v) is 5.22. The minimum Gasteiger partial charge on any atom is -0.487 e. The van der Waals surface area contributed by atoms with Crippen LogP contribution in [0.25, 0.3) is 0 Å². The summed E-state index contributed by atoms with van der Waals surface area (Å²) in [5, 5.41) is 0.487. The molecule has 2 aliphatic rings. The molecule has 1 saturated heterocycles. The van der Waals surface area contributed by atoms with Gasteiger partial charge in [-0.05, 0) is 30.4 Å². The summed E-state index contributed by atoms with van der Waals surface area (Å²) in [5.74, 6) is 0.631. The minimum absolute atomic E-state index is 0.0197. The SMILES string of the molecule is O=C(C1OCCc2ccccc21)N1CCCC(Oc2ccncc2Cl)C1. The van der Waals surface area contributed by atoms with Crippen molar-refractivity contribution >= 4 is 17.5 Å². The Morgan fingerprint density at radius 2 is 2.19 bits per heavy atom. The Kier molecular flexibility index (Phi) is 5.09. The number of carbonyl (C=O) groups excluding carboxylic acids is 1. The second-order valence-electron chi connectivity index (χ2n) is 6.67. The standard InChI is InChI=1S/C20H21ClN2O3/c21-17-12-22-9-7-18(17)26-15-5-3-10-23(13-15)20(24)19-16-6-2-1-4-14(16)8-11-25-19/h1-2,4,6-7,9,12,15,19H,3,5,8,10-11,13H2. The number of hydrogen-bond acceptors (Lipinski definition) is 4. The first-order valence-electron chi connectivity index (χ1n) is 8.97. The van der Waals surface area contributed by atoms with Crippen molar-refractivity contribution in [3.05, 3.63) is 58.9 Å². The lowest BCUT2D eigenvalue weighted by Crippen LogP contribution is -2.47. The molecule has 2 aliphatic heterocycles. The van der Waals surface area contributed by atoms with E-state index in [4.69, 9.17) is 21.1 Å². The van der Waals surface area contributed by atoms with E-state index in [1.807, 2.05) is 23.1 Å². The first kappa shape index (κ1) is 17.3. The number of pyridine rings is 1. The number of ether oxygens (including phenoxy) is 2. The second kappa shape index (κ2) is 7.64. The van der Waals surface area contributed by atoms with Crippen LogP contribution in [0, 0.1) is 0 Å². The van der Waals surface area contributed by atoms with Gasteiger partial charge in [-0.2, -0.15) is 0 Å². The van der Waals surface area contributed by atoms with Crippen LogP contribution in [0.5, 0.6) is 5.75 Å². The number of aromatic nitrogens is 1. The van der Waals surface area contributed by atoms with Crippen molar-refractivity contribution < 1.29 is 14.3 Å². The Labute approximate surface area is 157 Å². The van der Waals surface area contributed by atoms with E-state index in [2.05, 4.69) is 11.1 Å². The number of fused-ring (bicyclic) bond motifs is 1. The topological polar surface area (TPSA) is 51.7 Å². The molecule has 0 N–H and O–H groups in total. The lowest BCUT2D eigenvalue weighted by molar-refractivity contribution is -0.147. The first-order chi connectivity index (χ1) is 12.7. The van der Waals surface area contributed by atoms with Crippen molar-refractivity contribution in [2.45, 2.75) is 31.5 Å². The highest BCUT2D eigenvalue weighted by molar-refractivity contribution is 6.31. The summed E-state index contributed by atoms with van der Waals surface area (Å²) >= 11 is 6.13. The molecule has 1 amide bonds. The third kappa shape index (κ3) is 3.55. The Bertz CT molecular complexity index is 798. The fraction of sp³-hybridized carbons (Fsp3) is 0.400. The van der Waals surface area contributed by atoms with Gasteiger partial charge in [0.2, 0.25) is 0 Å². The van der Waals surface area contributed by atoms with E-state index in [0.29, 0.717) is 23.9 Å². The minimum atomic E-state index is -0.511. The van der Waals surface area contributed by atoms with Gasteiger partial charge < -0.3 is 14.4 Å². The van der Waals surface area contributed by atoms with Gasteiger partial charge in [-0.1, -0.05) is 35.9 Å². The Morgan fingerprint density at radius 1 is 1.31 bits per heavy atom. The molecular weight excluding hydrogens is 352 g/mol. The number of benzene rings is 1. The third-order valence-electron chi connectivity index (χ3n) is 4.94. The number of piperidine rings is 1. The molecule has 2 unspecified atom stereocenters. The van der Waals surface area contributed by atoms with Gasteiger partial charge in [-0.15, -0.1) is 0 Å². The zero-order valence-electron chi connectivity index (χ0n) is 14.4. The summed E-state index contributed by atoms with van der Waals surface area (Å²) in [6.07, 6.45) is 5.27. The molecule has 136 valence electrons. The number of nitrogens with zero attached hydrogens (tertiary/aromatic N) is 2. The van der Waals surface area contributed by atoms with Crippen molar-refractivity contribution in [3.8, 4) is 5.75 Å². The van der Waals surface area contributed by atoms with Gasteiger partial charge in [0.25, 0.3) is 5.91 Å². The highest BCUT2D eigenvalue weighted by Crippen LogP contribution is 2.30. The summed E-state index contributed by atoms with van der Waals surface area (Å²) in [6, 6.07) is 9.79. The number of likely N-dealkylation sites (tertiary alicyclic amines) is 1. The van der Waals surface area contributed by atoms with Gasteiger partial charge in [0.15, 0.2) is 6.10 Å². The monoisotopic (exact) mass is 372 g/mol. The van der Waals surface area contributed by atoms with Crippen LogP contribution in [0.2, 0.25) is 5.02 Å². The van der Waals surface area contributed by atoms with Gasteiger partial charge in [0.1, 0.15) is 16.9 Å². The van der Waals surface area contributed by atoms with E-state index in [1.165, 1.54) is 5.56 Å². The van der Waals surface area contributed by atoms with Gasteiger partial charge in [0.05, 0.1) is 13.2 Å². The van der Waals surface area contributed by atoms with Gasteiger partial charge in [-0.3, -0.25) is 9.78 Å². The van der Waals surface area contributed by atoms with Crippen molar-refractivity contribution in [3.63, 3.8) is 0 Å². The van der Waals surface area contributed by atoms with E-state index in [1.54, 1.807) is 18.5 Å². The van der Waals surface area contributed by atoms with Gasteiger partial charge in [0, 0.05) is 25.0 Å². The van der Waals surface area contributed by atoms with Crippen LogP contribution in [0.3, 0.4) is 0 Å². The zero-order valence-corrected chi connectivity index (χ0v) is 15.2. The normalized spacial score (nSPS) is 22.6. The van der Waals surface area contributed by atoms with Crippen LogP contribution in [0.4, 0.5) is 0 Å². The molecule has 0 radical (unpaired) electrons. The number of carbonyl (C=O) groups is 1. The quantitative estimate of drug-likeness (QED) is 0.828. The molecule has 0 spiro atoms. The van der Waals surface area contributed by atoms with Crippen molar-refractivity contribution in [1.29, 1.82) is 0 Å². The molecular formula is C20H21ClN2O3. The van der Waals surface area contributed by atoms with E-state index in [0.717, 1.165) is 31.4 Å². The fourth-order valence-corrected chi connectivity index (χ4v) is 3.80. The highest BCUT2D eigenvalue weighted by atomic mass is 35.5. The summed E-state index contributed by atoms with van der Waals surface area (Å²) in [4.78, 5) is 18.9. The number of amides is 1. The predicted octanol–water partition coefficient (Wildman–Crippen LogP) is 3.42. The smallest absolute Gasteiger partial charge is 0.256 e. The van der Waals surface area contributed by atoms with Crippen LogP contribution in [-0.2, 0) is 16.0 Å². The summed E-state index contributed by atoms with van der Waals surface area (Å²) < 4.78 is 11.8. The van der Waals surface area contributed by atoms with Crippen molar-refractivity contribution in [1.82, 2.24) is 9.88 Å². The molecule has 2 atom stereocenters. The maximum atomic E-state index is 13.1. The van der Waals surface area contributed by atoms with Crippen LogP contribution in [0.1, 0.15) is 30.1 Å².